The molecule has 0 aromatic carbocycles. The minimum Gasteiger partial charge on any atom is -0.0530 e. The fraction of sp³-hybridized carbons (Fsp3) is 1.00. The molecule has 0 radical (unpaired) electrons. The molecule has 0 bridgehead atoms. The van der Waals surface area contributed by atoms with Crippen molar-refractivity contribution < 1.29 is 0 Å². The Hall–Kier alpha value is 0. The van der Waals surface area contributed by atoms with Crippen molar-refractivity contribution in [2.75, 3.05) is 0 Å². The van der Waals surface area contributed by atoms with Crippen molar-refractivity contribution in [1.29, 1.82) is 0 Å². The van der Waals surface area contributed by atoms with Crippen molar-refractivity contribution in [1.82, 2.24) is 0 Å². The third-order valence-electron chi connectivity index (χ3n) is 7.32. The minimum absolute atomic E-state index is 1.15. The van der Waals surface area contributed by atoms with Crippen LogP contribution in [-0.2, 0) is 0 Å². The summed E-state index contributed by atoms with van der Waals surface area (Å²) in [5.41, 5.74) is 0. The maximum Gasteiger partial charge on any atom is -0.0352 e. The molecule has 4 rings (SSSR count). The van der Waals surface area contributed by atoms with E-state index in [0.717, 1.165) is 23.7 Å². The molecular weight excluding hydrogens is 216 g/mol. The Morgan fingerprint density at radius 1 is 0.333 bits per heavy atom. The van der Waals surface area contributed by atoms with Gasteiger partial charge in [0, 0.05) is 0 Å². The van der Waals surface area contributed by atoms with E-state index in [9.17, 15) is 0 Å². The molecule has 0 aromatic rings. The van der Waals surface area contributed by atoms with E-state index in [1.165, 1.54) is 11.8 Å². The van der Waals surface area contributed by atoms with Crippen molar-refractivity contribution in [2.24, 2.45) is 35.5 Å². The SMILES string of the molecule is C1CCC2C(C1)CCCC1C3CCCC3CCC21. The molecule has 0 heteroatoms. The quantitative estimate of drug-likeness (QED) is 0.535. The van der Waals surface area contributed by atoms with Gasteiger partial charge in [0.25, 0.3) is 0 Å². The van der Waals surface area contributed by atoms with Gasteiger partial charge in [0.05, 0.1) is 0 Å². The average Bonchev–Trinajstić information content (AvgIpc) is 2.80. The van der Waals surface area contributed by atoms with Crippen LogP contribution in [0.1, 0.15) is 77.0 Å². The lowest BCUT2D eigenvalue weighted by Gasteiger charge is -2.45. The molecule has 4 aliphatic carbocycles. The number of rotatable bonds is 0. The third-order valence-corrected chi connectivity index (χ3v) is 7.32. The van der Waals surface area contributed by atoms with Gasteiger partial charge in [0.15, 0.2) is 0 Å². The first kappa shape index (κ1) is 11.8. The van der Waals surface area contributed by atoms with E-state index in [0.29, 0.717) is 0 Å². The summed E-state index contributed by atoms with van der Waals surface area (Å²) in [5, 5.41) is 0. The highest BCUT2D eigenvalue weighted by Crippen LogP contribution is 2.56. The lowest BCUT2D eigenvalue weighted by molar-refractivity contribution is 0.0399. The average molecular weight is 246 g/mol. The maximum atomic E-state index is 1.62. The summed E-state index contributed by atoms with van der Waals surface area (Å²) in [4.78, 5) is 0. The predicted octanol–water partition coefficient (Wildman–Crippen LogP) is 5.42. The summed E-state index contributed by atoms with van der Waals surface area (Å²) in [6.07, 6.45) is 19.0. The zero-order valence-electron chi connectivity index (χ0n) is 11.9. The molecule has 0 N–H and O–H groups in total. The first-order chi connectivity index (χ1) is 8.93. The van der Waals surface area contributed by atoms with Gasteiger partial charge in [-0.3, -0.25) is 0 Å². The van der Waals surface area contributed by atoms with Crippen LogP contribution in [0.3, 0.4) is 0 Å². The van der Waals surface area contributed by atoms with Gasteiger partial charge >= 0.3 is 0 Å². The van der Waals surface area contributed by atoms with E-state index in [1.807, 2.05) is 0 Å². The first-order valence-corrected chi connectivity index (χ1v) is 8.93. The highest BCUT2D eigenvalue weighted by molar-refractivity contribution is 4.96. The van der Waals surface area contributed by atoms with Crippen LogP contribution in [0.25, 0.3) is 0 Å². The molecule has 0 amide bonds. The lowest BCUT2D eigenvalue weighted by atomic mass is 9.60. The monoisotopic (exact) mass is 246 g/mol. The number of hydrogen-bond acceptors (Lipinski definition) is 0. The van der Waals surface area contributed by atoms with Crippen LogP contribution in [0.4, 0.5) is 0 Å². The van der Waals surface area contributed by atoms with Gasteiger partial charge in [0.2, 0.25) is 0 Å². The van der Waals surface area contributed by atoms with E-state index < -0.39 is 0 Å². The van der Waals surface area contributed by atoms with Crippen molar-refractivity contribution in [3.63, 3.8) is 0 Å². The first-order valence-electron chi connectivity index (χ1n) is 8.93. The van der Waals surface area contributed by atoms with Gasteiger partial charge in [-0.1, -0.05) is 44.9 Å². The molecule has 4 aliphatic rings. The Bertz CT molecular complexity index is 294. The lowest BCUT2D eigenvalue weighted by Crippen LogP contribution is -2.37. The molecule has 18 heavy (non-hydrogen) atoms. The van der Waals surface area contributed by atoms with Gasteiger partial charge in [-0.05, 0) is 67.6 Å². The van der Waals surface area contributed by atoms with E-state index in [1.54, 1.807) is 77.0 Å². The molecule has 0 aliphatic heterocycles. The Labute approximate surface area is 113 Å². The Balaban J connectivity index is 1.58. The van der Waals surface area contributed by atoms with Crippen LogP contribution >= 0.6 is 0 Å². The second-order valence-electron chi connectivity index (χ2n) is 7.90. The maximum absolute atomic E-state index is 1.62. The summed E-state index contributed by atoms with van der Waals surface area (Å²) in [7, 11) is 0. The van der Waals surface area contributed by atoms with Gasteiger partial charge < -0.3 is 0 Å². The van der Waals surface area contributed by atoms with Gasteiger partial charge in [0.1, 0.15) is 0 Å². The normalized spacial score (nSPS) is 52.0. The fourth-order valence-corrected chi connectivity index (χ4v) is 6.66. The predicted molar refractivity (Wildman–Crippen MR) is 76.3 cm³/mol. The summed E-state index contributed by atoms with van der Waals surface area (Å²) < 4.78 is 0. The van der Waals surface area contributed by atoms with Crippen molar-refractivity contribution in [3.05, 3.63) is 0 Å². The summed E-state index contributed by atoms with van der Waals surface area (Å²) in [6, 6.07) is 0. The second kappa shape index (κ2) is 4.84. The molecule has 0 saturated heterocycles. The number of fused-ring (bicyclic) bond motifs is 5. The highest BCUT2D eigenvalue weighted by atomic mass is 14.5. The van der Waals surface area contributed by atoms with Gasteiger partial charge in [-0.25, -0.2) is 0 Å². The third kappa shape index (κ3) is 1.86. The van der Waals surface area contributed by atoms with Crippen LogP contribution < -0.4 is 0 Å². The summed E-state index contributed by atoms with van der Waals surface area (Å²) >= 11 is 0. The molecule has 4 fully saturated rings. The Morgan fingerprint density at radius 3 is 1.67 bits per heavy atom. The van der Waals surface area contributed by atoms with Crippen LogP contribution in [-0.4, -0.2) is 0 Å². The summed E-state index contributed by atoms with van der Waals surface area (Å²) in [5.74, 6) is 6.96. The largest absolute Gasteiger partial charge is 0.0530 e. The Morgan fingerprint density at radius 2 is 0.833 bits per heavy atom. The standard InChI is InChI=1S/C18H30/c1-2-8-15-13(5-1)6-4-10-17-16-9-3-7-14(16)11-12-18(15)17/h13-18H,1-12H2. The summed E-state index contributed by atoms with van der Waals surface area (Å²) in [6.45, 7) is 0. The van der Waals surface area contributed by atoms with Crippen LogP contribution in [0.2, 0.25) is 0 Å². The van der Waals surface area contributed by atoms with Crippen LogP contribution in [0, 0.1) is 35.5 Å². The van der Waals surface area contributed by atoms with E-state index in [4.69, 9.17) is 0 Å². The molecule has 0 spiro atoms. The molecular formula is C18H30. The molecule has 4 saturated carbocycles. The van der Waals surface area contributed by atoms with Crippen LogP contribution in [0.15, 0.2) is 0 Å². The fourth-order valence-electron chi connectivity index (χ4n) is 6.66. The smallest absolute Gasteiger partial charge is 0.0352 e. The van der Waals surface area contributed by atoms with Crippen molar-refractivity contribution in [2.45, 2.75) is 77.0 Å². The molecule has 0 heterocycles. The van der Waals surface area contributed by atoms with Crippen molar-refractivity contribution in [3.8, 4) is 0 Å². The molecule has 0 nitrogen and oxygen atoms in total. The number of hydrogen-bond donors (Lipinski definition) is 0. The Kier molecular flexibility index (Phi) is 3.17. The zero-order chi connectivity index (χ0) is 11.9. The topological polar surface area (TPSA) is 0 Å². The van der Waals surface area contributed by atoms with E-state index in [2.05, 4.69) is 0 Å². The second-order valence-corrected chi connectivity index (χ2v) is 7.90. The molecule has 102 valence electrons. The van der Waals surface area contributed by atoms with Crippen LogP contribution in [0.5, 0.6) is 0 Å². The minimum atomic E-state index is 1.15. The van der Waals surface area contributed by atoms with E-state index >= 15 is 0 Å². The highest BCUT2D eigenvalue weighted by Gasteiger charge is 2.46. The molecule has 6 atom stereocenters. The van der Waals surface area contributed by atoms with Crippen molar-refractivity contribution >= 4 is 0 Å². The van der Waals surface area contributed by atoms with Gasteiger partial charge in [-0.15, -0.1) is 0 Å². The van der Waals surface area contributed by atoms with E-state index in [-0.39, 0.29) is 0 Å². The molecule has 6 unspecified atom stereocenters. The van der Waals surface area contributed by atoms with Gasteiger partial charge in [-0.2, -0.15) is 0 Å². The zero-order valence-corrected chi connectivity index (χ0v) is 11.9. The molecule has 0 aromatic heterocycles.